The lowest BCUT2D eigenvalue weighted by atomic mass is 9.85. The zero-order valence-corrected chi connectivity index (χ0v) is 13.7. The smallest absolute Gasteiger partial charge is 0.208 e. The van der Waals surface area contributed by atoms with Crippen molar-refractivity contribution >= 4 is 23.2 Å². The molecule has 1 aromatic carbocycles. The lowest BCUT2D eigenvalue weighted by molar-refractivity contribution is -0.0800. The van der Waals surface area contributed by atoms with E-state index >= 15 is 0 Å². The monoisotopic (exact) mass is 331 g/mol. The van der Waals surface area contributed by atoms with Gasteiger partial charge in [0.2, 0.25) is 6.19 Å². The molecule has 120 valence electrons. The number of carbonyl (C=O) groups excluding carboxylic acids is 1. The van der Waals surface area contributed by atoms with Crippen LogP contribution < -0.4 is 4.74 Å². The lowest BCUT2D eigenvalue weighted by Gasteiger charge is -2.45. The number of fused-ring (bicyclic) bond motifs is 1. The first-order chi connectivity index (χ1) is 11.0. The van der Waals surface area contributed by atoms with Gasteiger partial charge in [-0.3, -0.25) is 4.79 Å². The normalized spacial score (nSPS) is 27.2. The highest BCUT2D eigenvalue weighted by molar-refractivity contribution is 8.14. The molecule has 0 spiro atoms. The van der Waals surface area contributed by atoms with Gasteiger partial charge >= 0.3 is 0 Å². The summed E-state index contributed by atoms with van der Waals surface area (Å²) >= 11 is 1.49. The van der Waals surface area contributed by atoms with Crippen molar-refractivity contribution in [3.63, 3.8) is 0 Å². The van der Waals surface area contributed by atoms with Crippen molar-refractivity contribution in [1.29, 1.82) is 5.26 Å². The van der Waals surface area contributed by atoms with Crippen LogP contribution in [0.5, 0.6) is 5.75 Å². The first kappa shape index (κ1) is 15.8. The Labute approximate surface area is 138 Å². The third-order valence-electron chi connectivity index (χ3n) is 4.16. The summed E-state index contributed by atoms with van der Waals surface area (Å²) in [5.41, 5.74) is 0.482. The van der Waals surface area contributed by atoms with E-state index in [-0.39, 0.29) is 0 Å². The number of hydrogen-bond donors (Lipinski definition) is 1. The second kappa shape index (κ2) is 5.87. The molecular formula is C16H17N3O3S. The van der Waals surface area contributed by atoms with Gasteiger partial charge in [-0.15, -0.1) is 4.99 Å². The van der Waals surface area contributed by atoms with E-state index in [0.29, 0.717) is 23.0 Å². The molecule has 0 saturated carbocycles. The summed E-state index contributed by atoms with van der Waals surface area (Å²) in [4.78, 5) is 16.9. The average Bonchev–Trinajstić information content (AvgIpc) is 2.96. The largest absolute Gasteiger partial charge is 0.485 e. The van der Waals surface area contributed by atoms with Crippen LogP contribution >= 0.6 is 11.8 Å². The van der Waals surface area contributed by atoms with Crippen LogP contribution in [0.4, 0.5) is 0 Å². The molecule has 1 N–H and O–H groups in total. The number of rotatable bonds is 2. The molecule has 2 aliphatic heterocycles. The van der Waals surface area contributed by atoms with E-state index in [9.17, 15) is 9.90 Å². The molecule has 0 unspecified atom stereocenters. The number of thioether (sulfide) groups is 1. The molecule has 7 heteroatoms. The van der Waals surface area contributed by atoms with Crippen molar-refractivity contribution in [3.05, 3.63) is 29.3 Å². The molecule has 2 heterocycles. The molecule has 1 saturated heterocycles. The number of ether oxygens (including phenoxy) is 1. The predicted molar refractivity (Wildman–Crippen MR) is 87.5 cm³/mol. The van der Waals surface area contributed by atoms with Crippen LogP contribution in [0.3, 0.4) is 0 Å². The van der Waals surface area contributed by atoms with Gasteiger partial charge < -0.3 is 14.7 Å². The average molecular weight is 331 g/mol. The minimum atomic E-state index is -0.820. The Morgan fingerprint density at radius 3 is 3.04 bits per heavy atom. The van der Waals surface area contributed by atoms with Gasteiger partial charge in [-0.1, -0.05) is 11.8 Å². The molecule has 0 bridgehead atoms. The van der Waals surface area contributed by atoms with Crippen molar-refractivity contribution in [2.45, 2.75) is 31.6 Å². The van der Waals surface area contributed by atoms with Crippen LogP contribution in [0.15, 0.2) is 23.2 Å². The van der Waals surface area contributed by atoms with Crippen LogP contribution in [0.25, 0.3) is 0 Å². The number of aliphatic hydroxyl groups is 1. The summed E-state index contributed by atoms with van der Waals surface area (Å²) in [7, 11) is 0. The van der Waals surface area contributed by atoms with Gasteiger partial charge in [0, 0.05) is 23.4 Å². The topological polar surface area (TPSA) is 85.9 Å². The number of carbonyl (C=O) groups is 1. The Hall–Kier alpha value is -2.04. The van der Waals surface area contributed by atoms with Crippen LogP contribution in [-0.2, 0) is 0 Å². The van der Waals surface area contributed by atoms with Crippen LogP contribution in [0.2, 0.25) is 0 Å². The Morgan fingerprint density at radius 2 is 2.35 bits per heavy atom. The molecular weight excluding hydrogens is 314 g/mol. The summed E-state index contributed by atoms with van der Waals surface area (Å²) in [5, 5.41) is 20.3. The molecule has 1 fully saturated rings. The molecule has 2 aliphatic rings. The Kier molecular flexibility index (Phi) is 4.04. The van der Waals surface area contributed by atoms with E-state index in [0.717, 1.165) is 17.6 Å². The van der Waals surface area contributed by atoms with Crippen molar-refractivity contribution in [2.75, 3.05) is 12.3 Å². The number of hydrogen-bond acceptors (Lipinski definition) is 6. The van der Waals surface area contributed by atoms with Gasteiger partial charge in [-0.25, -0.2) is 0 Å². The van der Waals surface area contributed by atoms with Crippen molar-refractivity contribution < 1.29 is 14.6 Å². The molecule has 1 aromatic rings. The van der Waals surface area contributed by atoms with Crippen molar-refractivity contribution in [3.8, 4) is 11.9 Å². The van der Waals surface area contributed by atoms with Gasteiger partial charge in [0.05, 0.1) is 6.04 Å². The maximum absolute atomic E-state index is 11.1. The first-order valence-electron chi connectivity index (χ1n) is 7.30. The Bertz CT molecular complexity index is 711. The van der Waals surface area contributed by atoms with Gasteiger partial charge in [0.15, 0.2) is 5.17 Å². The maximum atomic E-state index is 11.1. The fraction of sp³-hybridized carbons (Fsp3) is 0.438. The third-order valence-corrected chi connectivity index (χ3v) is 5.13. The van der Waals surface area contributed by atoms with E-state index in [1.54, 1.807) is 18.2 Å². The molecule has 3 rings (SSSR count). The molecule has 6 nitrogen and oxygen atoms in total. The molecule has 2 atom stereocenters. The van der Waals surface area contributed by atoms with E-state index in [2.05, 4.69) is 4.99 Å². The maximum Gasteiger partial charge on any atom is 0.208 e. The number of nitriles is 1. The van der Waals surface area contributed by atoms with E-state index < -0.39 is 17.7 Å². The summed E-state index contributed by atoms with van der Waals surface area (Å²) in [6.45, 7) is 4.32. The van der Waals surface area contributed by atoms with Crippen molar-refractivity contribution in [2.24, 2.45) is 4.99 Å². The zero-order chi connectivity index (χ0) is 16.6. The number of aliphatic hydroxyl groups excluding tert-OH is 1. The number of aliphatic imine (C=N–C) groups is 1. The second-order valence-electron chi connectivity index (χ2n) is 6.05. The number of amidine groups is 1. The van der Waals surface area contributed by atoms with Crippen LogP contribution in [0.1, 0.15) is 35.8 Å². The Morgan fingerprint density at radius 1 is 1.57 bits per heavy atom. The van der Waals surface area contributed by atoms with E-state index in [1.165, 1.54) is 11.8 Å². The minimum Gasteiger partial charge on any atom is -0.485 e. The molecule has 0 aliphatic carbocycles. The summed E-state index contributed by atoms with van der Waals surface area (Å²) in [6.07, 6.45) is 1.77. The molecule has 23 heavy (non-hydrogen) atoms. The fourth-order valence-corrected chi connectivity index (χ4v) is 3.95. The Balaban J connectivity index is 2.12. The highest BCUT2D eigenvalue weighted by Crippen LogP contribution is 2.45. The first-order valence-corrected chi connectivity index (χ1v) is 8.29. The van der Waals surface area contributed by atoms with Gasteiger partial charge in [-0.2, -0.15) is 5.26 Å². The van der Waals surface area contributed by atoms with Crippen LogP contribution in [-0.4, -0.2) is 45.5 Å². The third kappa shape index (κ3) is 2.69. The quantitative estimate of drug-likeness (QED) is 0.658. The highest BCUT2D eigenvalue weighted by atomic mass is 32.2. The van der Waals surface area contributed by atoms with Gasteiger partial charge in [-0.05, 0) is 32.0 Å². The minimum absolute atomic E-state index is 0.407. The lowest BCUT2D eigenvalue weighted by Crippen LogP contribution is -2.53. The van der Waals surface area contributed by atoms with Crippen LogP contribution in [0, 0.1) is 11.5 Å². The zero-order valence-electron chi connectivity index (χ0n) is 12.9. The summed E-state index contributed by atoms with van der Waals surface area (Å²) < 4.78 is 5.91. The number of aldehydes is 1. The molecule has 0 amide bonds. The highest BCUT2D eigenvalue weighted by Gasteiger charge is 2.47. The summed E-state index contributed by atoms with van der Waals surface area (Å²) in [5.74, 6) is 1.44. The standard InChI is InChI=1S/C16H17N3O3S/c1-16(2)14(21)13(19-5-6-23-15(19)18-9-17)11-7-10(8-20)3-4-12(11)22-16/h3-4,7-8,13-14,21H,5-6H2,1-2H3/t13-,14+/m0/s1. The molecule has 0 radical (unpaired) electrons. The predicted octanol–water partition coefficient (Wildman–Crippen LogP) is 1.96. The van der Waals surface area contributed by atoms with Gasteiger partial charge in [0.1, 0.15) is 23.7 Å². The fourth-order valence-electron chi connectivity index (χ4n) is 3.01. The second-order valence-corrected chi connectivity index (χ2v) is 7.11. The number of nitrogens with zero attached hydrogens (tertiary/aromatic N) is 3. The summed E-state index contributed by atoms with van der Waals surface area (Å²) in [6, 6.07) is 4.78. The van der Waals surface area contributed by atoms with E-state index in [4.69, 9.17) is 10.00 Å². The SMILES string of the molecule is CC1(C)Oc2ccc(C=O)cc2[C@H](N2CCSC2=NC#N)[C@H]1O. The van der Waals surface area contributed by atoms with Crippen molar-refractivity contribution in [1.82, 2.24) is 4.90 Å². The number of benzene rings is 1. The molecule has 0 aromatic heterocycles. The van der Waals surface area contributed by atoms with Gasteiger partial charge in [0.25, 0.3) is 0 Å². The van der Waals surface area contributed by atoms with E-state index in [1.807, 2.05) is 24.9 Å².